The fraction of sp³-hybridized carbons (Fsp3) is 0. The maximum atomic E-state index is 6.88. The molecule has 0 fully saturated rings. The Balaban J connectivity index is 0.000000490. The van der Waals surface area contributed by atoms with Gasteiger partial charge < -0.3 is 10.7 Å². The standard InChI is InChI=1S/C5H5N2.Y/c6-5-3-1-2-4-7-5;/h1-4H,(H-,6,7);/q-1;. The van der Waals surface area contributed by atoms with Gasteiger partial charge in [-0.05, 0) is 0 Å². The zero-order valence-electron chi connectivity index (χ0n) is 4.33. The molecule has 3 heteroatoms. The number of aromatic nitrogens is 1. The Morgan fingerprint density at radius 2 is 2.12 bits per heavy atom. The molecule has 0 unspecified atom stereocenters. The van der Waals surface area contributed by atoms with Crippen molar-refractivity contribution in [1.29, 1.82) is 0 Å². The molecule has 1 heterocycles. The largest absolute Gasteiger partial charge is 0.482 e. The minimum absolute atomic E-state index is 0. The second-order valence-corrected chi connectivity index (χ2v) is 1.21. The molecule has 0 aliphatic carbocycles. The Bertz CT molecular complexity index is 140. The van der Waals surface area contributed by atoms with Gasteiger partial charge in [0.25, 0.3) is 0 Å². The van der Waals surface area contributed by atoms with Crippen molar-refractivity contribution in [2.45, 2.75) is 0 Å². The van der Waals surface area contributed by atoms with Crippen LogP contribution < -0.4 is 0 Å². The SMILES string of the molecule is [NH-]c1ccccn1.[Y]. The molecule has 0 saturated heterocycles. The number of rotatable bonds is 0. The van der Waals surface area contributed by atoms with E-state index >= 15 is 0 Å². The van der Waals surface area contributed by atoms with Gasteiger partial charge in [-0.15, -0.1) is 0 Å². The van der Waals surface area contributed by atoms with Crippen LogP contribution >= 0.6 is 0 Å². The number of hydrogen-bond donors (Lipinski definition) is 0. The van der Waals surface area contributed by atoms with E-state index in [2.05, 4.69) is 4.98 Å². The van der Waals surface area contributed by atoms with Gasteiger partial charge in [-0.1, -0.05) is 30.2 Å². The molecule has 0 amide bonds. The van der Waals surface area contributed by atoms with Crippen LogP contribution in [0.3, 0.4) is 0 Å². The summed E-state index contributed by atoms with van der Waals surface area (Å²) in [5.74, 6) is 0.322. The quantitative estimate of drug-likeness (QED) is 0.602. The smallest absolute Gasteiger partial charge is 0 e. The minimum atomic E-state index is 0. The van der Waals surface area contributed by atoms with Gasteiger partial charge in [0.1, 0.15) is 0 Å². The van der Waals surface area contributed by atoms with E-state index in [0.29, 0.717) is 5.82 Å². The average molecular weight is 182 g/mol. The third kappa shape index (κ3) is 2.38. The fourth-order valence-corrected chi connectivity index (χ4v) is 0.363. The first-order valence-electron chi connectivity index (χ1n) is 2.02. The molecule has 0 aliphatic rings. The van der Waals surface area contributed by atoms with E-state index in [1.54, 1.807) is 24.4 Å². The molecule has 0 spiro atoms. The summed E-state index contributed by atoms with van der Waals surface area (Å²) in [6, 6.07) is 5.22. The third-order valence-corrected chi connectivity index (χ3v) is 0.665. The fourth-order valence-electron chi connectivity index (χ4n) is 0.363. The van der Waals surface area contributed by atoms with E-state index in [4.69, 9.17) is 5.73 Å². The first-order chi connectivity index (χ1) is 3.39. The van der Waals surface area contributed by atoms with E-state index in [-0.39, 0.29) is 32.7 Å². The summed E-state index contributed by atoms with van der Waals surface area (Å²) in [6.45, 7) is 0. The molecule has 8 heavy (non-hydrogen) atoms. The second-order valence-electron chi connectivity index (χ2n) is 1.21. The Kier molecular flexibility index (Phi) is 4.01. The monoisotopic (exact) mass is 182 g/mol. The summed E-state index contributed by atoms with van der Waals surface area (Å²) < 4.78 is 0. The van der Waals surface area contributed by atoms with Crippen LogP contribution in [-0.4, -0.2) is 4.98 Å². The molecule has 0 aliphatic heterocycles. The van der Waals surface area contributed by atoms with Crippen molar-refractivity contribution >= 4 is 5.82 Å². The Hall–Kier alpha value is 0.0539. The van der Waals surface area contributed by atoms with Crippen molar-refractivity contribution < 1.29 is 32.7 Å². The average Bonchev–Trinajstić information content (AvgIpc) is 1.69. The van der Waals surface area contributed by atoms with Crippen LogP contribution in [-0.2, 0) is 32.7 Å². The molecular weight excluding hydrogens is 177 g/mol. The summed E-state index contributed by atoms with van der Waals surface area (Å²) in [5, 5.41) is 0. The van der Waals surface area contributed by atoms with Crippen molar-refractivity contribution in [3.63, 3.8) is 0 Å². The molecule has 1 aromatic heterocycles. The van der Waals surface area contributed by atoms with Gasteiger partial charge in [0.15, 0.2) is 0 Å². The molecule has 0 aromatic carbocycles. The molecule has 0 atom stereocenters. The van der Waals surface area contributed by atoms with Gasteiger partial charge in [0.05, 0.1) is 0 Å². The maximum Gasteiger partial charge on any atom is 0 e. The van der Waals surface area contributed by atoms with Gasteiger partial charge in [-0.25, -0.2) is 0 Å². The van der Waals surface area contributed by atoms with Gasteiger partial charge in [-0.2, -0.15) is 0 Å². The molecule has 1 aromatic rings. The Labute approximate surface area is 73.4 Å². The van der Waals surface area contributed by atoms with Gasteiger partial charge in [0.2, 0.25) is 0 Å². The zero-order chi connectivity index (χ0) is 5.11. The predicted octanol–water partition coefficient (Wildman–Crippen LogP) is 1.76. The Morgan fingerprint density at radius 1 is 1.38 bits per heavy atom. The predicted molar refractivity (Wildman–Crippen MR) is 28.2 cm³/mol. The van der Waals surface area contributed by atoms with E-state index in [1.807, 2.05) is 0 Å². The first-order valence-corrected chi connectivity index (χ1v) is 2.02. The summed E-state index contributed by atoms with van der Waals surface area (Å²) >= 11 is 0. The van der Waals surface area contributed by atoms with E-state index in [1.165, 1.54) is 0 Å². The minimum Gasteiger partial charge on any atom is -0.482 e. The van der Waals surface area contributed by atoms with Crippen molar-refractivity contribution in [3.05, 3.63) is 30.1 Å². The molecule has 0 bridgehead atoms. The van der Waals surface area contributed by atoms with Crippen molar-refractivity contribution in [2.75, 3.05) is 0 Å². The van der Waals surface area contributed by atoms with Crippen molar-refractivity contribution in [3.8, 4) is 0 Å². The maximum absolute atomic E-state index is 6.88. The van der Waals surface area contributed by atoms with Crippen LogP contribution in [0.4, 0.5) is 5.82 Å². The number of pyridine rings is 1. The van der Waals surface area contributed by atoms with Crippen LogP contribution in [0, 0.1) is 0 Å². The molecule has 1 radical (unpaired) electrons. The molecule has 0 saturated carbocycles. The Morgan fingerprint density at radius 3 is 2.38 bits per heavy atom. The third-order valence-electron chi connectivity index (χ3n) is 0.665. The van der Waals surface area contributed by atoms with Crippen LogP contribution in [0.2, 0.25) is 0 Å². The summed E-state index contributed by atoms with van der Waals surface area (Å²) in [4.78, 5) is 3.65. The topological polar surface area (TPSA) is 36.7 Å². The molecule has 1 rings (SSSR count). The summed E-state index contributed by atoms with van der Waals surface area (Å²) in [6.07, 6.45) is 1.60. The van der Waals surface area contributed by atoms with Crippen LogP contribution in [0.5, 0.6) is 0 Å². The number of nitrogens with zero attached hydrogens (tertiary/aromatic N) is 1. The van der Waals surface area contributed by atoms with Crippen molar-refractivity contribution in [2.24, 2.45) is 0 Å². The van der Waals surface area contributed by atoms with Gasteiger partial charge in [0, 0.05) is 32.7 Å². The van der Waals surface area contributed by atoms with Crippen molar-refractivity contribution in [1.82, 2.24) is 4.98 Å². The van der Waals surface area contributed by atoms with Crippen LogP contribution in [0.1, 0.15) is 0 Å². The molecule has 1 N–H and O–H groups in total. The molecule has 39 valence electrons. The number of nitrogens with one attached hydrogen (secondary N) is 1. The van der Waals surface area contributed by atoms with E-state index < -0.39 is 0 Å². The normalized spacial score (nSPS) is 7.50. The second kappa shape index (κ2) is 3.99. The summed E-state index contributed by atoms with van der Waals surface area (Å²) in [5.41, 5.74) is 6.88. The van der Waals surface area contributed by atoms with E-state index in [9.17, 15) is 0 Å². The van der Waals surface area contributed by atoms with Crippen LogP contribution in [0.15, 0.2) is 24.4 Å². The van der Waals surface area contributed by atoms with E-state index in [0.717, 1.165) is 0 Å². The van der Waals surface area contributed by atoms with Gasteiger partial charge in [-0.3, -0.25) is 0 Å². The van der Waals surface area contributed by atoms with Gasteiger partial charge >= 0.3 is 0 Å². The molecular formula is C5H5N2Y-. The first kappa shape index (κ1) is 8.05. The summed E-state index contributed by atoms with van der Waals surface area (Å²) in [7, 11) is 0. The zero-order valence-corrected chi connectivity index (χ0v) is 7.17. The van der Waals surface area contributed by atoms with Crippen LogP contribution in [0.25, 0.3) is 5.73 Å². The number of hydrogen-bond acceptors (Lipinski definition) is 1. The molecule has 2 nitrogen and oxygen atoms in total.